The van der Waals surface area contributed by atoms with E-state index >= 15 is 0 Å². The van der Waals surface area contributed by atoms with Gasteiger partial charge in [-0.2, -0.15) is 0 Å². The number of amides is 2. The number of carbonyl (C=O) groups is 4. The summed E-state index contributed by atoms with van der Waals surface area (Å²) in [5.74, 6) is -3.08. The Hall–Kier alpha value is -3.88. The first kappa shape index (κ1) is 23.3. The van der Waals surface area contributed by atoms with E-state index in [2.05, 4.69) is 27.5 Å². The lowest BCUT2D eigenvalue weighted by Gasteiger charge is -2.15. The summed E-state index contributed by atoms with van der Waals surface area (Å²) in [6.45, 7) is 0.436. The molecule has 0 spiro atoms. The molecule has 0 radical (unpaired) electrons. The van der Waals surface area contributed by atoms with Crippen LogP contribution in [0.4, 0.5) is 4.79 Å². The maximum Gasteiger partial charge on any atom is 0.407 e. The molecule has 34 heavy (non-hydrogen) atoms. The number of benzene rings is 2. The van der Waals surface area contributed by atoms with E-state index < -0.39 is 42.3 Å². The predicted octanol–water partition coefficient (Wildman–Crippen LogP) is 2.29. The lowest BCUT2D eigenvalue weighted by Crippen LogP contribution is -2.43. The van der Waals surface area contributed by atoms with Crippen LogP contribution in [0.5, 0.6) is 0 Å². The summed E-state index contributed by atoms with van der Waals surface area (Å²) in [7, 11) is 1.15. The van der Waals surface area contributed by atoms with Gasteiger partial charge in [-0.15, -0.1) is 0 Å². The van der Waals surface area contributed by atoms with Crippen LogP contribution in [0.2, 0.25) is 0 Å². The number of carboxylic acid groups (broad SMARTS) is 1. The molecule has 0 aliphatic heterocycles. The molecule has 4 rings (SSSR count). The monoisotopic (exact) mass is 466 g/mol. The third-order valence-electron chi connectivity index (χ3n) is 6.32. The van der Waals surface area contributed by atoms with Gasteiger partial charge in [0.25, 0.3) is 0 Å². The van der Waals surface area contributed by atoms with Gasteiger partial charge in [0.1, 0.15) is 12.6 Å². The Bertz CT molecular complexity index is 1070. The number of hydrogen-bond donors (Lipinski definition) is 3. The molecular formula is C25H26N2O7. The Balaban J connectivity index is 1.24. The summed E-state index contributed by atoms with van der Waals surface area (Å²) >= 11 is 0. The van der Waals surface area contributed by atoms with E-state index in [1.165, 1.54) is 0 Å². The Morgan fingerprint density at radius 3 is 2.24 bits per heavy atom. The minimum absolute atomic E-state index is 0.0413. The highest BCUT2D eigenvalue weighted by atomic mass is 16.5. The second-order valence-electron chi connectivity index (χ2n) is 8.49. The zero-order valence-electron chi connectivity index (χ0n) is 18.7. The largest absolute Gasteiger partial charge is 0.480 e. The molecule has 9 heteroatoms. The van der Waals surface area contributed by atoms with Crippen molar-refractivity contribution in [2.24, 2.45) is 11.8 Å². The van der Waals surface area contributed by atoms with E-state index in [9.17, 15) is 24.3 Å². The van der Waals surface area contributed by atoms with Gasteiger partial charge in [0.2, 0.25) is 5.91 Å². The number of alkyl carbamates (subject to hydrolysis) is 1. The average molecular weight is 466 g/mol. The van der Waals surface area contributed by atoms with Crippen LogP contribution in [0.3, 0.4) is 0 Å². The van der Waals surface area contributed by atoms with Gasteiger partial charge < -0.3 is 25.2 Å². The summed E-state index contributed by atoms with van der Waals surface area (Å²) < 4.78 is 9.94. The molecule has 2 amide bonds. The topological polar surface area (TPSA) is 131 Å². The van der Waals surface area contributed by atoms with Crippen molar-refractivity contribution < 1.29 is 33.8 Å². The third kappa shape index (κ3) is 5.03. The Morgan fingerprint density at radius 2 is 1.65 bits per heavy atom. The molecule has 0 heterocycles. The van der Waals surface area contributed by atoms with E-state index in [0.29, 0.717) is 6.42 Å². The van der Waals surface area contributed by atoms with Crippen molar-refractivity contribution >= 4 is 23.9 Å². The zero-order chi connectivity index (χ0) is 24.2. The van der Waals surface area contributed by atoms with E-state index in [1.807, 2.05) is 36.4 Å². The molecule has 0 bridgehead atoms. The summed E-state index contributed by atoms with van der Waals surface area (Å²) in [5.41, 5.74) is 4.53. The highest BCUT2D eigenvalue weighted by Crippen LogP contribution is 2.44. The number of nitrogens with one attached hydrogen (secondary N) is 2. The highest BCUT2D eigenvalue weighted by molar-refractivity contribution is 5.89. The number of carbonyl (C=O) groups excluding carboxylic acids is 3. The smallest absolute Gasteiger partial charge is 0.407 e. The fourth-order valence-corrected chi connectivity index (χ4v) is 4.39. The van der Waals surface area contributed by atoms with Crippen LogP contribution in [0, 0.1) is 11.8 Å². The lowest BCUT2D eigenvalue weighted by atomic mass is 9.98. The van der Waals surface area contributed by atoms with Gasteiger partial charge >= 0.3 is 18.0 Å². The van der Waals surface area contributed by atoms with Crippen molar-refractivity contribution in [1.82, 2.24) is 10.6 Å². The highest BCUT2D eigenvalue weighted by Gasteiger charge is 2.44. The molecule has 2 aromatic carbocycles. The third-order valence-corrected chi connectivity index (χ3v) is 6.32. The predicted molar refractivity (Wildman–Crippen MR) is 121 cm³/mol. The number of fused-ring (bicyclic) bond motifs is 3. The normalized spacial score (nSPS) is 18.7. The average Bonchev–Trinajstić information content (AvgIpc) is 3.56. The molecular weight excluding hydrogens is 440 g/mol. The van der Waals surface area contributed by atoms with Crippen LogP contribution in [0.25, 0.3) is 11.1 Å². The number of rotatable bonds is 9. The summed E-state index contributed by atoms with van der Waals surface area (Å²) in [6.07, 6.45) is -0.505. The molecule has 3 atom stereocenters. The Labute approximate surface area is 196 Å². The van der Waals surface area contributed by atoms with Crippen molar-refractivity contribution in [3.8, 4) is 11.1 Å². The van der Waals surface area contributed by atoms with E-state index in [-0.39, 0.29) is 25.0 Å². The standard InChI is InChI=1S/C25H26N2O7/c1-33-22(28)11-21(24(30)31)27-23(29)19-10-14(19)12-26-25(32)34-13-20-17-8-4-2-6-15(17)16-7-3-5-9-18(16)20/h2-9,14,19-21H,10-13H2,1H3,(H,26,32)(H,27,29)(H,30,31)/t14-,19-,21-/m1/s1. The van der Waals surface area contributed by atoms with Gasteiger partial charge in [-0.25, -0.2) is 9.59 Å². The Kier molecular flexibility index (Phi) is 6.81. The maximum atomic E-state index is 12.3. The second kappa shape index (κ2) is 9.94. The minimum atomic E-state index is -1.35. The Morgan fingerprint density at radius 1 is 1.03 bits per heavy atom. The molecule has 2 aliphatic carbocycles. The molecule has 178 valence electrons. The molecule has 0 unspecified atom stereocenters. The number of ether oxygens (including phenoxy) is 2. The fourth-order valence-electron chi connectivity index (χ4n) is 4.39. The number of carboxylic acids is 1. The van der Waals surface area contributed by atoms with Crippen molar-refractivity contribution in [2.75, 3.05) is 20.3 Å². The quantitative estimate of drug-likeness (QED) is 0.483. The van der Waals surface area contributed by atoms with E-state index in [0.717, 1.165) is 29.4 Å². The molecule has 9 nitrogen and oxygen atoms in total. The van der Waals surface area contributed by atoms with Gasteiger partial charge in [0.05, 0.1) is 13.5 Å². The molecule has 0 aromatic heterocycles. The fraction of sp³-hybridized carbons (Fsp3) is 0.360. The summed E-state index contributed by atoms with van der Waals surface area (Å²) in [6, 6.07) is 14.8. The summed E-state index contributed by atoms with van der Waals surface area (Å²) in [4.78, 5) is 47.2. The van der Waals surface area contributed by atoms with E-state index in [4.69, 9.17) is 4.74 Å². The van der Waals surface area contributed by atoms with Crippen molar-refractivity contribution in [3.63, 3.8) is 0 Å². The number of esters is 1. The number of aliphatic carboxylic acids is 1. The molecule has 1 saturated carbocycles. The van der Waals surface area contributed by atoms with Gasteiger partial charge in [-0.05, 0) is 34.6 Å². The lowest BCUT2D eigenvalue weighted by molar-refractivity contribution is -0.148. The first-order valence-electron chi connectivity index (χ1n) is 11.1. The van der Waals surface area contributed by atoms with Crippen molar-refractivity contribution in [1.29, 1.82) is 0 Å². The van der Waals surface area contributed by atoms with Gasteiger partial charge in [-0.1, -0.05) is 48.5 Å². The minimum Gasteiger partial charge on any atom is -0.480 e. The number of methoxy groups -OCH3 is 1. The van der Waals surface area contributed by atoms with E-state index in [1.54, 1.807) is 0 Å². The SMILES string of the molecule is COC(=O)C[C@@H](NC(=O)[C@@H]1C[C@@H]1CNC(=O)OCC1c2ccccc2-c2ccccc21)C(=O)O. The van der Waals surface area contributed by atoms with Gasteiger partial charge in [-0.3, -0.25) is 9.59 Å². The second-order valence-corrected chi connectivity index (χ2v) is 8.49. The van der Waals surface area contributed by atoms with Crippen molar-refractivity contribution in [3.05, 3.63) is 59.7 Å². The van der Waals surface area contributed by atoms with Gasteiger partial charge in [0.15, 0.2) is 0 Å². The molecule has 1 fully saturated rings. The van der Waals surface area contributed by atoms with Crippen LogP contribution in [-0.4, -0.2) is 55.3 Å². The van der Waals surface area contributed by atoms with Crippen molar-refractivity contribution in [2.45, 2.75) is 24.8 Å². The van der Waals surface area contributed by atoms with Crippen LogP contribution >= 0.6 is 0 Å². The first-order valence-corrected chi connectivity index (χ1v) is 11.1. The van der Waals surface area contributed by atoms with Crippen LogP contribution in [0.15, 0.2) is 48.5 Å². The van der Waals surface area contributed by atoms with Crippen LogP contribution in [0.1, 0.15) is 29.9 Å². The van der Waals surface area contributed by atoms with Crippen LogP contribution < -0.4 is 10.6 Å². The summed E-state index contributed by atoms with van der Waals surface area (Å²) in [5, 5.41) is 14.2. The van der Waals surface area contributed by atoms with Crippen LogP contribution in [-0.2, 0) is 23.9 Å². The molecule has 0 saturated heterocycles. The maximum absolute atomic E-state index is 12.3. The molecule has 3 N–H and O–H groups in total. The number of hydrogen-bond acceptors (Lipinski definition) is 6. The molecule has 2 aromatic rings. The molecule has 2 aliphatic rings. The zero-order valence-corrected chi connectivity index (χ0v) is 18.7. The first-order chi connectivity index (χ1) is 16.4. The van der Waals surface area contributed by atoms with Gasteiger partial charge in [0, 0.05) is 18.4 Å².